The van der Waals surface area contributed by atoms with E-state index in [0.717, 1.165) is 44.2 Å². The first-order valence-corrected chi connectivity index (χ1v) is 14.2. The summed E-state index contributed by atoms with van der Waals surface area (Å²) in [6.45, 7) is 10.1. The van der Waals surface area contributed by atoms with Gasteiger partial charge >= 0.3 is 0 Å². The maximum absolute atomic E-state index is 12.3. The number of rotatable bonds is 6. The van der Waals surface area contributed by atoms with Crippen molar-refractivity contribution in [1.82, 2.24) is 14.9 Å². The number of anilines is 2. The Labute approximate surface area is 243 Å². The fourth-order valence-corrected chi connectivity index (χ4v) is 5.85. The molecule has 2 atom stereocenters. The number of aromatic nitrogens is 2. The van der Waals surface area contributed by atoms with Crippen molar-refractivity contribution in [3.05, 3.63) is 106 Å². The average molecular weight is 603 g/mol. The van der Waals surface area contributed by atoms with Crippen LogP contribution in [0.4, 0.5) is 11.4 Å². The van der Waals surface area contributed by atoms with E-state index < -0.39 is 0 Å². The molecule has 0 bridgehead atoms. The van der Waals surface area contributed by atoms with E-state index in [1.807, 2.05) is 57.3 Å². The second-order valence-corrected chi connectivity index (χ2v) is 11.6. The molecule has 0 radical (unpaired) electrons. The highest BCUT2D eigenvalue weighted by Crippen LogP contribution is 2.44. The van der Waals surface area contributed by atoms with Crippen molar-refractivity contribution in [2.75, 3.05) is 10.2 Å². The van der Waals surface area contributed by atoms with Gasteiger partial charge < -0.3 is 20.1 Å². The first-order valence-electron chi connectivity index (χ1n) is 13.0. The minimum atomic E-state index is -0.141. The number of pyridine rings is 1. The maximum Gasteiger partial charge on any atom is 0.226 e. The zero-order chi connectivity index (χ0) is 27.8. The van der Waals surface area contributed by atoms with Gasteiger partial charge in [-0.05, 0) is 105 Å². The number of amides is 1. The third-order valence-corrected chi connectivity index (χ3v) is 8.09. The Morgan fingerprint density at radius 2 is 1.74 bits per heavy atom. The first kappa shape index (κ1) is 27.1. The molecule has 0 aliphatic carbocycles. The SMILES string of the molecule is Cc1cc(N2C(=S)NC(c3ccccn3)C2c2cc(C)n(-c3ccc(Br)cc3)c2C)ccc1NC(=O)C(C)C. The van der Waals surface area contributed by atoms with Gasteiger partial charge in [0.25, 0.3) is 0 Å². The van der Waals surface area contributed by atoms with E-state index in [1.165, 1.54) is 5.56 Å². The first-order chi connectivity index (χ1) is 18.7. The molecule has 1 amide bonds. The lowest BCUT2D eigenvalue weighted by molar-refractivity contribution is -0.118. The topological polar surface area (TPSA) is 62.2 Å². The smallest absolute Gasteiger partial charge is 0.226 e. The Hall–Kier alpha value is -3.49. The normalized spacial score (nSPS) is 17.0. The summed E-state index contributed by atoms with van der Waals surface area (Å²) in [5.74, 6) is -0.0957. The summed E-state index contributed by atoms with van der Waals surface area (Å²) >= 11 is 9.50. The summed E-state index contributed by atoms with van der Waals surface area (Å²) in [7, 11) is 0. The number of hydrogen-bond donors (Lipinski definition) is 2. The number of thiocarbonyl (C=S) groups is 1. The van der Waals surface area contributed by atoms with Gasteiger partial charge in [0.15, 0.2) is 5.11 Å². The van der Waals surface area contributed by atoms with Crippen LogP contribution in [0.2, 0.25) is 0 Å². The van der Waals surface area contributed by atoms with Gasteiger partial charge in [0.05, 0.1) is 17.8 Å². The van der Waals surface area contributed by atoms with Gasteiger partial charge in [-0.2, -0.15) is 0 Å². The number of nitrogens with zero attached hydrogens (tertiary/aromatic N) is 3. The van der Waals surface area contributed by atoms with E-state index in [4.69, 9.17) is 17.2 Å². The van der Waals surface area contributed by atoms with Crippen molar-refractivity contribution in [3.8, 4) is 5.69 Å². The molecule has 4 aromatic rings. The fraction of sp³-hybridized carbons (Fsp3) is 0.258. The lowest BCUT2D eigenvalue weighted by atomic mass is 9.96. The Kier molecular flexibility index (Phi) is 7.60. The molecule has 2 aromatic heterocycles. The zero-order valence-electron chi connectivity index (χ0n) is 22.7. The molecule has 2 unspecified atom stereocenters. The molecule has 39 heavy (non-hydrogen) atoms. The van der Waals surface area contributed by atoms with Crippen LogP contribution in [0, 0.1) is 26.7 Å². The van der Waals surface area contributed by atoms with Gasteiger partial charge in [-0.3, -0.25) is 9.78 Å². The van der Waals surface area contributed by atoms with Crippen molar-refractivity contribution in [2.45, 2.75) is 46.7 Å². The van der Waals surface area contributed by atoms with Crippen molar-refractivity contribution < 1.29 is 4.79 Å². The van der Waals surface area contributed by atoms with Crippen molar-refractivity contribution in [2.24, 2.45) is 5.92 Å². The molecular weight excluding hydrogens is 570 g/mol. The highest BCUT2D eigenvalue weighted by atomic mass is 79.9. The van der Waals surface area contributed by atoms with Gasteiger partial charge in [0, 0.05) is 45.0 Å². The highest BCUT2D eigenvalue weighted by Gasteiger charge is 2.42. The molecule has 1 saturated heterocycles. The number of carbonyl (C=O) groups is 1. The van der Waals surface area contributed by atoms with E-state index in [1.54, 1.807) is 0 Å². The van der Waals surface area contributed by atoms with Gasteiger partial charge in [0.1, 0.15) is 0 Å². The van der Waals surface area contributed by atoms with E-state index in [-0.39, 0.29) is 23.9 Å². The van der Waals surface area contributed by atoms with Crippen molar-refractivity contribution in [3.63, 3.8) is 0 Å². The number of benzene rings is 2. The van der Waals surface area contributed by atoms with Crippen molar-refractivity contribution >= 4 is 50.5 Å². The van der Waals surface area contributed by atoms with Crippen LogP contribution in [0.25, 0.3) is 5.69 Å². The second-order valence-electron chi connectivity index (χ2n) is 10.3. The predicted octanol–water partition coefficient (Wildman–Crippen LogP) is 7.33. The predicted molar refractivity (Wildman–Crippen MR) is 166 cm³/mol. The van der Waals surface area contributed by atoms with Gasteiger partial charge in [-0.1, -0.05) is 35.8 Å². The third-order valence-electron chi connectivity index (χ3n) is 7.24. The molecule has 1 aliphatic heterocycles. The van der Waals surface area contributed by atoms with Crippen LogP contribution >= 0.6 is 28.1 Å². The Balaban J connectivity index is 1.61. The third kappa shape index (κ3) is 5.23. The number of nitrogens with one attached hydrogen (secondary N) is 2. The molecular formula is C31H32BrN5OS. The largest absolute Gasteiger partial charge is 0.351 e. The monoisotopic (exact) mass is 601 g/mol. The van der Waals surface area contributed by atoms with Gasteiger partial charge in [0.2, 0.25) is 5.91 Å². The minimum Gasteiger partial charge on any atom is -0.351 e. The Bertz CT molecular complexity index is 1530. The second kappa shape index (κ2) is 10.9. The lowest BCUT2D eigenvalue weighted by Crippen LogP contribution is -2.29. The van der Waals surface area contributed by atoms with Gasteiger partial charge in [-0.15, -0.1) is 0 Å². The van der Waals surface area contributed by atoms with Crippen LogP contribution in [0.1, 0.15) is 54.1 Å². The Morgan fingerprint density at radius 3 is 2.38 bits per heavy atom. The summed E-state index contributed by atoms with van der Waals surface area (Å²) in [5.41, 5.74) is 8.25. The molecule has 5 rings (SSSR count). The summed E-state index contributed by atoms with van der Waals surface area (Å²) in [6, 6.07) is 22.4. The quantitative estimate of drug-likeness (QED) is 0.226. The van der Waals surface area contributed by atoms with Crippen LogP contribution in [0.5, 0.6) is 0 Å². The van der Waals surface area contributed by atoms with Crippen molar-refractivity contribution in [1.29, 1.82) is 0 Å². The highest BCUT2D eigenvalue weighted by molar-refractivity contribution is 9.10. The summed E-state index contributed by atoms with van der Waals surface area (Å²) < 4.78 is 3.33. The van der Waals surface area contributed by atoms with Crippen LogP contribution in [0.15, 0.2) is 77.4 Å². The maximum atomic E-state index is 12.3. The van der Waals surface area contributed by atoms with Gasteiger partial charge in [-0.25, -0.2) is 0 Å². The molecule has 2 aromatic carbocycles. The number of hydrogen-bond acceptors (Lipinski definition) is 3. The summed E-state index contributed by atoms with van der Waals surface area (Å²) in [6.07, 6.45) is 1.82. The van der Waals surface area contributed by atoms with Crippen LogP contribution in [-0.2, 0) is 4.79 Å². The Morgan fingerprint density at radius 1 is 1.03 bits per heavy atom. The zero-order valence-corrected chi connectivity index (χ0v) is 25.1. The fourth-order valence-electron chi connectivity index (χ4n) is 5.24. The minimum absolute atomic E-state index is 0.00214. The summed E-state index contributed by atoms with van der Waals surface area (Å²) in [5, 5.41) is 7.24. The molecule has 0 spiro atoms. The molecule has 6 nitrogen and oxygen atoms in total. The van der Waals surface area contributed by atoms with Crippen LogP contribution in [0.3, 0.4) is 0 Å². The molecule has 3 heterocycles. The number of aryl methyl sites for hydroxylation is 2. The van der Waals surface area contributed by atoms with Crippen LogP contribution < -0.4 is 15.5 Å². The van der Waals surface area contributed by atoms with Crippen LogP contribution in [-0.4, -0.2) is 20.6 Å². The molecule has 1 fully saturated rings. The summed E-state index contributed by atoms with van der Waals surface area (Å²) in [4.78, 5) is 19.2. The van der Waals surface area contributed by atoms with E-state index in [9.17, 15) is 4.79 Å². The molecule has 8 heteroatoms. The number of halogens is 1. The standard InChI is InChI=1S/C31H32BrN5OS/c1-18(2)30(38)34-26-14-13-24(16-19(26)3)37-29(28(35-31(37)39)27-8-6-7-15-33-27)25-17-20(4)36(21(25)5)23-11-9-22(32)10-12-23/h6-18,28-29H,1-5H3,(H,34,38)(H,35,39). The number of carbonyl (C=O) groups excluding carboxylic acids is 1. The average Bonchev–Trinajstić information content (AvgIpc) is 3.41. The molecule has 2 N–H and O–H groups in total. The van der Waals surface area contributed by atoms with E-state index in [0.29, 0.717) is 5.11 Å². The van der Waals surface area contributed by atoms with E-state index >= 15 is 0 Å². The van der Waals surface area contributed by atoms with E-state index in [2.05, 4.69) is 86.3 Å². The molecule has 200 valence electrons. The molecule has 1 aliphatic rings. The molecule has 0 saturated carbocycles. The lowest BCUT2D eigenvalue weighted by Gasteiger charge is -2.29.